The van der Waals surface area contributed by atoms with Gasteiger partial charge in [-0.05, 0) is 37.0 Å². The fourth-order valence-electron chi connectivity index (χ4n) is 2.37. The van der Waals surface area contributed by atoms with E-state index in [0.29, 0.717) is 12.5 Å². The molecule has 0 N–H and O–H groups in total. The van der Waals surface area contributed by atoms with Crippen LogP contribution in [0.1, 0.15) is 24.8 Å². The molecule has 0 saturated carbocycles. The maximum atomic E-state index is 12.8. The molecule has 0 bridgehead atoms. The largest absolute Gasteiger partial charge is 0.339 e. The molecule has 0 aromatic heterocycles. The van der Waals surface area contributed by atoms with Crippen LogP contribution in [0.5, 0.6) is 0 Å². The molecule has 1 aromatic carbocycles. The van der Waals surface area contributed by atoms with E-state index in [0.717, 1.165) is 30.3 Å². The topological polar surface area (TPSA) is 20.3 Å². The summed E-state index contributed by atoms with van der Waals surface area (Å²) in [5, 5.41) is 0.835. The minimum absolute atomic E-state index is 0.144. The first-order valence-corrected chi connectivity index (χ1v) is 7.42. The number of carbonyl (C=O) groups excluding carboxylic acids is 1. The first-order valence-electron chi connectivity index (χ1n) is 6.30. The second-order valence-electron chi connectivity index (χ2n) is 4.69. The fraction of sp³-hybridized carbons (Fsp3) is 0.500. The van der Waals surface area contributed by atoms with Crippen LogP contribution in [0.3, 0.4) is 0 Å². The van der Waals surface area contributed by atoms with Crippen LogP contribution in [0.25, 0.3) is 0 Å². The molecule has 0 radical (unpaired) electrons. The van der Waals surface area contributed by atoms with Crippen LogP contribution < -0.4 is 0 Å². The van der Waals surface area contributed by atoms with Gasteiger partial charge < -0.3 is 4.90 Å². The summed E-state index contributed by atoms with van der Waals surface area (Å²) >= 11 is 3.47. The third-order valence-corrected chi connectivity index (χ3v) is 4.14. The lowest BCUT2D eigenvalue weighted by Gasteiger charge is -2.34. The second kappa shape index (κ2) is 6.32. The van der Waals surface area contributed by atoms with Crippen molar-refractivity contribution in [2.75, 3.05) is 11.9 Å². The van der Waals surface area contributed by atoms with Crippen LogP contribution in [0.15, 0.2) is 24.3 Å². The zero-order valence-electron chi connectivity index (χ0n) is 10.2. The van der Waals surface area contributed by atoms with E-state index >= 15 is 0 Å². The van der Waals surface area contributed by atoms with Crippen LogP contribution in [-0.4, -0.2) is 28.7 Å². The minimum atomic E-state index is -0.262. The van der Waals surface area contributed by atoms with E-state index in [-0.39, 0.29) is 11.7 Å². The Balaban J connectivity index is 2.00. The number of alkyl halides is 1. The Hall–Kier alpha value is -0.900. The maximum absolute atomic E-state index is 12.8. The molecule has 1 unspecified atom stereocenters. The molecule has 1 heterocycles. The average molecular weight is 314 g/mol. The number of amides is 1. The molecular formula is C14H17BrFNO. The smallest absolute Gasteiger partial charge is 0.227 e. The SMILES string of the molecule is O=C(Cc1ccc(F)cc1)N1CCCCC1CBr. The third-order valence-electron chi connectivity index (χ3n) is 3.39. The Morgan fingerprint density at radius 2 is 2.06 bits per heavy atom. The van der Waals surface area contributed by atoms with Crippen LogP contribution in [0.2, 0.25) is 0 Å². The zero-order valence-corrected chi connectivity index (χ0v) is 11.8. The number of hydrogen-bond donors (Lipinski definition) is 0. The highest BCUT2D eigenvalue weighted by atomic mass is 79.9. The number of nitrogens with zero attached hydrogens (tertiary/aromatic N) is 1. The number of benzene rings is 1. The molecule has 1 aliphatic rings. The van der Waals surface area contributed by atoms with Gasteiger partial charge in [-0.3, -0.25) is 4.79 Å². The molecule has 2 nitrogen and oxygen atoms in total. The van der Waals surface area contributed by atoms with Gasteiger partial charge in [0.1, 0.15) is 5.82 Å². The van der Waals surface area contributed by atoms with Gasteiger partial charge in [-0.15, -0.1) is 0 Å². The van der Waals surface area contributed by atoms with Crippen molar-refractivity contribution >= 4 is 21.8 Å². The molecular weight excluding hydrogens is 297 g/mol. The first-order chi connectivity index (χ1) is 8.70. The highest BCUT2D eigenvalue weighted by Gasteiger charge is 2.25. The lowest BCUT2D eigenvalue weighted by atomic mass is 10.0. The van der Waals surface area contributed by atoms with Gasteiger partial charge in [0.15, 0.2) is 0 Å². The Morgan fingerprint density at radius 3 is 2.72 bits per heavy atom. The average Bonchev–Trinajstić information content (AvgIpc) is 2.41. The molecule has 18 heavy (non-hydrogen) atoms. The number of hydrogen-bond acceptors (Lipinski definition) is 1. The molecule has 98 valence electrons. The van der Waals surface area contributed by atoms with E-state index in [1.807, 2.05) is 4.90 Å². The highest BCUT2D eigenvalue weighted by molar-refractivity contribution is 9.09. The van der Waals surface area contributed by atoms with E-state index in [1.54, 1.807) is 12.1 Å². The Labute approximate surface area is 115 Å². The van der Waals surface area contributed by atoms with Gasteiger partial charge in [-0.1, -0.05) is 28.1 Å². The molecule has 0 aliphatic carbocycles. The Kier molecular flexibility index (Phi) is 4.75. The van der Waals surface area contributed by atoms with Crippen LogP contribution in [0, 0.1) is 5.82 Å². The predicted molar refractivity (Wildman–Crippen MR) is 73.3 cm³/mol. The molecule has 1 saturated heterocycles. The summed E-state index contributed by atoms with van der Waals surface area (Å²) < 4.78 is 12.8. The number of piperidine rings is 1. The molecule has 1 atom stereocenters. The lowest BCUT2D eigenvalue weighted by Crippen LogP contribution is -2.45. The van der Waals surface area contributed by atoms with Crippen molar-refractivity contribution in [2.24, 2.45) is 0 Å². The normalized spacial score (nSPS) is 19.9. The monoisotopic (exact) mass is 313 g/mol. The summed E-state index contributed by atoms with van der Waals surface area (Å²) in [6.07, 6.45) is 3.71. The summed E-state index contributed by atoms with van der Waals surface area (Å²) in [6, 6.07) is 6.48. The summed E-state index contributed by atoms with van der Waals surface area (Å²) in [7, 11) is 0. The van der Waals surface area contributed by atoms with Gasteiger partial charge in [0.05, 0.1) is 6.42 Å². The van der Waals surface area contributed by atoms with Gasteiger partial charge in [-0.25, -0.2) is 4.39 Å². The predicted octanol–water partition coefficient (Wildman–Crippen LogP) is 3.14. The quantitative estimate of drug-likeness (QED) is 0.785. The van der Waals surface area contributed by atoms with E-state index in [2.05, 4.69) is 15.9 Å². The van der Waals surface area contributed by atoms with Gasteiger partial charge in [-0.2, -0.15) is 0 Å². The van der Waals surface area contributed by atoms with Gasteiger partial charge >= 0.3 is 0 Å². The molecule has 1 aliphatic heterocycles. The maximum Gasteiger partial charge on any atom is 0.227 e. The fourth-order valence-corrected chi connectivity index (χ4v) is 3.04. The standard InChI is InChI=1S/C14H17BrFNO/c15-10-13-3-1-2-8-17(13)14(18)9-11-4-6-12(16)7-5-11/h4-7,13H,1-3,8-10H2. The van der Waals surface area contributed by atoms with Crippen molar-refractivity contribution in [3.8, 4) is 0 Å². The molecule has 1 amide bonds. The zero-order chi connectivity index (χ0) is 13.0. The van der Waals surface area contributed by atoms with Crippen molar-refractivity contribution in [3.63, 3.8) is 0 Å². The van der Waals surface area contributed by atoms with Gasteiger partial charge in [0, 0.05) is 17.9 Å². The van der Waals surface area contributed by atoms with E-state index in [1.165, 1.54) is 18.6 Å². The number of rotatable bonds is 3. The molecule has 1 aromatic rings. The highest BCUT2D eigenvalue weighted by Crippen LogP contribution is 2.20. The van der Waals surface area contributed by atoms with Crippen molar-refractivity contribution in [1.82, 2.24) is 4.90 Å². The van der Waals surface area contributed by atoms with Crippen LogP contribution >= 0.6 is 15.9 Å². The molecule has 1 fully saturated rings. The van der Waals surface area contributed by atoms with Crippen LogP contribution in [0.4, 0.5) is 4.39 Å². The van der Waals surface area contributed by atoms with Crippen molar-refractivity contribution in [2.45, 2.75) is 31.7 Å². The van der Waals surface area contributed by atoms with E-state index in [4.69, 9.17) is 0 Å². The summed E-state index contributed by atoms with van der Waals surface area (Å²) in [4.78, 5) is 14.2. The van der Waals surface area contributed by atoms with E-state index < -0.39 is 0 Å². The van der Waals surface area contributed by atoms with Gasteiger partial charge in [0.25, 0.3) is 0 Å². The number of halogens is 2. The van der Waals surface area contributed by atoms with Crippen molar-refractivity contribution in [1.29, 1.82) is 0 Å². The summed E-state index contributed by atoms with van der Waals surface area (Å²) in [5.74, 6) is -0.117. The molecule has 2 rings (SSSR count). The second-order valence-corrected chi connectivity index (χ2v) is 5.34. The minimum Gasteiger partial charge on any atom is -0.339 e. The number of likely N-dealkylation sites (tertiary alicyclic amines) is 1. The first kappa shape index (κ1) is 13.5. The summed E-state index contributed by atoms with van der Waals surface area (Å²) in [6.45, 7) is 0.844. The molecule has 4 heteroatoms. The van der Waals surface area contributed by atoms with Crippen molar-refractivity contribution in [3.05, 3.63) is 35.6 Å². The van der Waals surface area contributed by atoms with Crippen molar-refractivity contribution < 1.29 is 9.18 Å². The lowest BCUT2D eigenvalue weighted by molar-refractivity contribution is -0.133. The Morgan fingerprint density at radius 1 is 1.33 bits per heavy atom. The van der Waals surface area contributed by atoms with Crippen LogP contribution in [-0.2, 0) is 11.2 Å². The molecule has 0 spiro atoms. The number of carbonyl (C=O) groups is 1. The third kappa shape index (κ3) is 3.31. The summed E-state index contributed by atoms with van der Waals surface area (Å²) in [5.41, 5.74) is 0.875. The Bertz CT molecular complexity index is 407. The van der Waals surface area contributed by atoms with Gasteiger partial charge in [0.2, 0.25) is 5.91 Å². The van der Waals surface area contributed by atoms with E-state index in [9.17, 15) is 9.18 Å².